The maximum Gasteiger partial charge on any atom is 0.246 e. The molecule has 1 saturated heterocycles. The van der Waals surface area contributed by atoms with E-state index in [9.17, 15) is 9.59 Å². The summed E-state index contributed by atoms with van der Waals surface area (Å²) in [7, 11) is 0. The van der Waals surface area contributed by atoms with E-state index in [1.54, 1.807) is 35.4 Å². The standard InChI is InChI=1S/C24H22N4O4/c29-23(8-6-18-14-25-19-3-1-2-4-20(19)26-18)28-11-9-16(10-12-28)24(30)27-17-5-7-21-22(13-17)32-15-31-21/h1-8,13-14,16H,9-12,15H2,(H,27,30)/b8-6+. The summed E-state index contributed by atoms with van der Waals surface area (Å²) in [5, 5.41) is 2.94. The molecule has 3 heterocycles. The predicted molar refractivity (Wildman–Crippen MR) is 119 cm³/mol. The third-order valence-electron chi connectivity index (χ3n) is 5.68. The van der Waals surface area contributed by atoms with E-state index in [0.29, 0.717) is 48.8 Å². The third kappa shape index (κ3) is 4.25. The fraction of sp³-hybridized carbons (Fsp3) is 0.250. The van der Waals surface area contributed by atoms with Gasteiger partial charge in [0.05, 0.1) is 22.9 Å². The maximum atomic E-state index is 12.6. The zero-order valence-electron chi connectivity index (χ0n) is 17.4. The number of aromatic nitrogens is 2. The van der Waals surface area contributed by atoms with Gasteiger partial charge in [-0.25, -0.2) is 4.98 Å². The van der Waals surface area contributed by atoms with Gasteiger partial charge in [0.25, 0.3) is 0 Å². The number of benzene rings is 2. The molecule has 2 aliphatic heterocycles. The zero-order chi connectivity index (χ0) is 21.9. The van der Waals surface area contributed by atoms with Gasteiger partial charge in [0, 0.05) is 36.8 Å². The van der Waals surface area contributed by atoms with Crippen LogP contribution in [0.5, 0.6) is 11.5 Å². The van der Waals surface area contributed by atoms with E-state index in [1.165, 1.54) is 6.08 Å². The van der Waals surface area contributed by atoms with Gasteiger partial charge in [-0.2, -0.15) is 0 Å². The minimum atomic E-state index is -0.139. The number of nitrogens with zero attached hydrogens (tertiary/aromatic N) is 3. The van der Waals surface area contributed by atoms with Crippen LogP contribution in [0.3, 0.4) is 0 Å². The fourth-order valence-corrected chi connectivity index (χ4v) is 3.89. The highest BCUT2D eigenvalue weighted by Crippen LogP contribution is 2.34. The third-order valence-corrected chi connectivity index (χ3v) is 5.68. The highest BCUT2D eigenvalue weighted by molar-refractivity contribution is 5.94. The van der Waals surface area contributed by atoms with Crippen molar-refractivity contribution >= 4 is 34.6 Å². The number of piperidine rings is 1. The van der Waals surface area contributed by atoms with Crippen molar-refractivity contribution in [2.75, 3.05) is 25.2 Å². The van der Waals surface area contributed by atoms with Crippen LogP contribution < -0.4 is 14.8 Å². The van der Waals surface area contributed by atoms with Crippen LogP contribution in [-0.4, -0.2) is 46.6 Å². The summed E-state index contributed by atoms with van der Waals surface area (Å²) in [6.45, 7) is 1.26. The summed E-state index contributed by atoms with van der Waals surface area (Å²) in [5.74, 6) is 1.04. The number of hydrogen-bond donors (Lipinski definition) is 1. The Balaban J connectivity index is 1.14. The zero-order valence-corrected chi connectivity index (χ0v) is 17.4. The van der Waals surface area contributed by atoms with Crippen molar-refractivity contribution in [1.82, 2.24) is 14.9 Å². The van der Waals surface area contributed by atoms with Crippen molar-refractivity contribution in [3.8, 4) is 11.5 Å². The molecule has 2 amide bonds. The lowest BCUT2D eigenvalue weighted by Crippen LogP contribution is -2.40. The predicted octanol–water partition coefficient (Wildman–Crippen LogP) is 3.25. The first-order valence-electron chi connectivity index (χ1n) is 10.5. The van der Waals surface area contributed by atoms with E-state index < -0.39 is 0 Å². The molecule has 8 heteroatoms. The molecule has 0 bridgehead atoms. The van der Waals surface area contributed by atoms with Crippen molar-refractivity contribution in [2.45, 2.75) is 12.8 Å². The number of para-hydroxylation sites is 2. The topological polar surface area (TPSA) is 93.7 Å². The van der Waals surface area contributed by atoms with E-state index in [-0.39, 0.29) is 24.5 Å². The summed E-state index contributed by atoms with van der Waals surface area (Å²) >= 11 is 0. The molecular formula is C24H22N4O4. The quantitative estimate of drug-likeness (QED) is 0.639. The van der Waals surface area contributed by atoms with Crippen molar-refractivity contribution in [3.05, 3.63) is 60.4 Å². The lowest BCUT2D eigenvalue weighted by molar-refractivity contribution is -0.130. The van der Waals surface area contributed by atoms with E-state index in [4.69, 9.17) is 9.47 Å². The van der Waals surface area contributed by atoms with Crippen LogP contribution >= 0.6 is 0 Å². The highest BCUT2D eigenvalue weighted by Gasteiger charge is 2.27. The van der Waals surface area contributed by atoms with Crippen LogP contribution in [0.2, 0.25) is 0 Å². The van der Waals surface area contributed by atoms with E-state index in [2.05, 4.69) is 15.3 Å². The van der Waals surface area contributed by atoms with Crippen molar-refractivity contribution < 1.29 is 19.1 Å². The van der Waals surface area contributed by atoms with Crippen LogP contribution in [0.15, 0.2) is 54.7 Å². The Bertz CT molecular complexity index is 1200. The largest absolute Gasteiger partial charge is 0.454 e. The number of nitrogens with one attached hydrogen (secondary N) is 1. The highest BCUT2D eigenvalue weighted by atomic mass is 16.7. The number of likely N-dealkylation sites (tertiary alicyclic amines) is 1. The Kier molecular flexibility index (Phi) is 5.41. The first kappa shape index (κ1) is 20.0. The molecule has 2 aliphatic rings. The van der Waals surface area contributed by atoms with E-state index in [0.717, 1.165) is 11.0 Å². The van der Waals surface area contributed by atoms with Gasteiger partial charge in [-0.05, 0) is 43.2 Å². The second-order valence-corrected chi connectivity index (χ2v) is 7.77. The van der Waals surface area contributed by atoms with Gasteiger partial charge in [0.15, 0.2) is 11.5 Å². The summed E-state index contributed by atoms with van der Waals surface area (Å²) in [5.41, 5.74) is 2.92. The number of carbonyl (C=O) groups is 2. The molecule has 1 aromatic heterocycles. The average molecular weight is 430 g/mol. The van der Waals surface area contributed by atoms with Crippen LogP contribution in [0.1, 0.15) is 18.5 Å². The molecule has 0 radical (unpaired) electrons. The van der Waals surface area contributed by atoms with Gasteiger partial charge in [-0.1, -0.05) is 12.1 Å². The molecule has 8 nitrogen and oxygen atoms in total. The molecule has 3 aromatic rings. The van der Waals surface area contributed by atoms with Crippen molar-refractivity contribution in [2.24, 2.45) is 5.92 Å². The van der Waals surface area contributed by atoms with Gasteiger partial charge in [0.1, 0.15) is 0 Å². The number of anilines is 1. The van der Waals surface area contributed by atoms with Crippen molar-refractivity contribution in [1.29, 1.82) is 0 Å². The summed E-state index contributed by atoms with van der Waals surface area (Å²) in [6.07, 6.45) is 6.09. The Morgan fingerprint density at radius 1 is 1.03 bits per heavy atom. The summed E-state index contributed by atoms with van der Waals surface area (Å²) in [6, 6.07) is 12.9. The number of carbonyl (C=O) groups excluding carboxylic acids is 2. The minimum Gasteiger partial charge on any atom is -0.454 e. The van der Waals surface area contributed by atoms with E-state index >= 15 is 0 Å². The minimum absolute atomic E-state index is 0.0436. The maximum absolute atomic E-state index is 12.6. The number of fused-ring (bicyclic) bond motifs is 2. The molecule has 1 N–H and O–H groups in total. The van der Waals surface area contributed by atoms with Gasteiger partial charge >= 0.3 is 0 Å². The Hall–Kier alpha value is -3.94. The van der Waals surface area contributed by atoms with Gasteiger partial charge in [-0.3, -0.25) is 14.6 Å². The second-order valence-electron chi connectivity index (χ2n) is 7.77. The Morgan fingerprint density at radius 3 is 2.66 bits per heavy atom. The lowest BCUT2D eigenvalue weighted by Gasteiger charge is -2.30. The molecule has 0 saturated carbocycles. The fourth-order valence-electron chi connectivity index (χ4n) is 3.89. The lowest BCUT2D eigenvalue weighted by atomic mass is 9.95. The first-order chi connectivity index (χ1) is 15.7. The Labute approximate surface area is 184 Å². The van der Waals surface area contributed by atoms with E-state index in [1.807, 2.05) is 24.3 Å². The molecule has 0 atom stereocenters. The molecule has 0 aliphatic carbocycles. The molecule has 2 aromatic carbocycles. The first-order valence-corrected chi connectivity index (χ1v) is 10.5. The van der Waals surface area contributed by atoms with Gasteiger partial charge < -0.3 is 19.7 Å². The van der Waals surface area contributed by atoms with Crippen LogP contribution in [0.25, 0.3) is 17.1 Å². The second kappa shape index (κ2) is 8.66. The number of hydrogen-bond acceptors (Lipinski definition) is 6. The average Bonchev–Trinajstić information content (AvgIpc) is 3.30. The SMILES string of the molecule is O=C(Nc1ccc2c(c1)OCO2)C1CCN(C(=O)/C=C/c2cnc3ccccc3n2)CC1. The monoisotopic (exact) mass is 430 g/mol. The number of amides is 2. The molecule has 0 unspecified atom stereocenters. The number of rotatable bonds is 4. The van der Waals surface area contributed by atoms with Crippen LogP contribution in [0.4, 0.5) is 5.69 Å². The van der Waals surface area contributed by atoms with Gasteiger partial charge in [-0.15, -0.1) is 0 Å². The van der Waals surface area contributed by atoms with Crippen molar-refractivity contribution in [3.63, 3.8) is 0 Å². The summed E-state index contributed by atoms with van der Waals surface area (Å²) in [4.78, 5) is 35.8. The molecular weight excluding hydrogens is 408 g/mol. The molecule has 1 fully saturated rings. The molecule has 0 spiro atoms. The molecule has 162 valence electrons. The van der Waals surface area contributed by atoms with Crippen LogP contribution in [-0.2, 0) is 9.59 Å². The molecule has 32 heavy (non-hydrogen) atoms. The Morgan fingerprint density at radius 2 is 1.81 bits per heavy atom. The number of ether oxygens (including phenoxy) is 2. The van der Waals surface area contributed by atoms with Gasteiger partial charge in [0.2, 0.25) is 18.6 Å². The normalized spacial score (nSPS) is 15.9. The molecule has 5 rings (SSSR count). The summed E-state index contributed by atoms with van der Waals surface area (Å²) < 4.78 is 10.6. The smallest absolute Gasteiger partial charge is 0.246 e. The van der Waals surface area contributed by atoms with Crippen LogP contribution in [0, 0.1) is 5.92 Å².